The highest BCUT2D eigenvalue weighted by molar-refractivity contribution is 6.29. The number of aromatic nitrogens is 3. The molecule has 31 heavy (non-hydrogen) atoms. The van der Waals surface area contributed by atoms with E-state index in [2.05, 4.69) is 20.1 Å². The van der Waals surface area contributed by atoms with E-state index in [0.717, 1.165) is 17.1 Å². The molecule has 0 spiro atoms. The number of amides is 1. The fraction of sp³-hybridized carbons (Fsp3) is 0.273. The second kappa shape index (κ2) is 9.18. The molecule has 2 aromatic heterocycles. The maximum atomic E-state index is 12.6. The minimum absolute atomic E-state index is 0.0429. The number of ether oxygens (including phenoxy) is 2. The largest absolute Gasteiger partial charge is 0.493 e. The Hall–Kier alpha value is -3.39. The van der Waals surface area contributed by atoms with Crippen LogP contribution in [-0.4, -0.2) is 66.4 Å². The topological polar surface area (TPSA) is 80.7 Å². The van der Waals surface area contributed by atoms with Gasteiger partial charge in [0.25, 0.3) is 5.91 Å². The predicted octanol–water partition coefficient (Wildman–Crippen LogP) is 3.17. The lowest BCUT2D eigenvalue weighted by molar-refractivity contribution is 0.0746. The second-order valence-electron chi connectivity index (χ2n) is 7.00. The molecule has 1 saturated heterocycles. The summed E-state index contributed by atoms with van der Waals surface area (Å²) in [6.45, 7) is 2.55. The minimum atomic E-state index is -0.0429. The zero-order valence-corrected chi connectivity index (χ0v) is 18.0. The van der Waals surface area contributed by atoms with E-state index < -0.39 is 0 Å². The number of nitrogens with zero attached hydrogens (tertiary/aromatic N) is 5. The van der Waals surface area contributed by atoms with Crippen molar-refractivity contribution in [3.05, 3.63) is 59.4 Å². The molecule has 0 bridgehead atoms. The Balaban J connectivity index is 1.40. The number of benzene rings is 1. The Morgan fingerprint density at radius 3 is 2.32 bits per heavy atom. The molecule has 0 atom stereocenters. The number of carbonyl (C=O) groups is 1. The van der Waals surface area contributed by atoms with Crippen LogP contribution in [-0.2, 0) is 0 Å². The van der Waals surface area contributed by atoms with Crippen molar-refractivity contribution in [2.75, 3.05) is 45.3 Å². The van der Waals surface area contributed by atoms with Crippen molar-refractivity contribution in [1.82, 2.24) is 20.1 Å². The Morgan fingerprint density at radius 2 is 1.71 bits per heavy atom. The molecule has 9 heteroatoms. The van der Waals surface area contributed by atoms with Gasteiger partial charge < -0.3 is 19.3 Å². The molecule has 8 nitrogen and oxygen atoms in total. The number of methoxy groups -OCH3 is 2. The van der Waals surface area contributed by atoms with Crippen LogP contribution in [0.2, 0.25) is 5.15 Å². The summed E-state index contributed by atoms with van der Waals surface area (Å²) >= 11 is 5.80. The lowest BCUT2D eigenvalue weighted by atomic mass is 10.1. The quantitative estimate of drug-likeness (QED) is 0.565. The summed E-state index contributed by atoms with van der Waals surface area (Å²) in [4.78, 5) is 20.5. The monoisotopic (exact) mass is 439 g/mol. The number of halogens is 1. The van der Waals surface area contributed by atoms with Gasteiger partial charge in [-0.3, -0.25) is 4.79 Å². The Morgan fingerprint density at radius 1 is 0.935 bits per heavy atom. The Bertz CT molecular complexity index is 1050. The average Bonchev–Trinajstić information content (AvgIpc) is 2.84. The van der Waals surface area contributed by atoms with Crippen LogP contribution in [0.25, 0.3) is 11.3 Å². The summed E-state index contributed by atoms with van der Waals surface area (Å²) in [5.41, 5.74) is 2.18. The average molecular weight is 440 g/mol. The van der Waals surface area contributed by atoms with Crippen molar-refractivity contribution in [3.63, 3.8) is 0 Å². The van der Waals surface area contributed by atoms with Crippen LogP contribution >= 0.6 is 11.6 Å². The normalized spacial score (nSPS) is 13.8. The summed E-state index contributed by atoms with van der Waals surface area (Å²) in [6.07, 6.45) is 1.51. The number of rotatable bonds is 5. The molecular weight excluding hydrogens is 418 g/mol. The first-order chi connectivity index (χ1) is 15.1. The summed E-state index contributed by atoms with van der Waals surface area (Å²) in [7, 11) is 3.20. The van der Waals surface area contributed by atoms with Gasteiger partial charge in [0.1, 0.15) is 5.15 Å². The van der Waals surface area contributed by atoms with Gasteiger partial charge in [0.05, 0.1) is 25.5 Å². The van der Waals surface area contributed by atoms with Gasteiger partial charge >= 0.3 is 0 Å². The van der Waals surface area contributed by atoms with Crippen molar-refractivity contribution < 1.29 is 14.3 Å². The first-order valence-electron chi connectivity index (χ1n) is 9.81. The zero-order valence-electron chi connectivity index (χ0n) is 17.3. The molecule has 1 fully saturated rings. The zero-order chi connectivity index (χ0) is 21.8. The first-order valence-corrected chi connectivity index (χ1v) is 10.2. The van der Waals surface area contributed by atoms with Crippen LogP contribution in [0.15, 0.2) is 48.7 Å². The van der Waals surface area contributed by atoms with Crippen molar-refractivity contribution in [3.8, 4) is 22.8 Å². The van der Waals surface area contributed by atoms with E-state index in [9.17, 15) is 4.79 Å². The highest BCUT2D eigenvalue weighted by Crippen LogP contribution is 2.31. The van der Waals surface area contributed by atoms with E-state index in [1.54, 1.807) is 26.4 Å². The summed E-state index contributed by atoms with van der Waals surface area (Å²) in [5.74, 6) is 2.04. The SMILES string of the molecule is COc1ccc(-c2ccc(N3CCN(C(=O)c4ccc(Cl)nc4)CC3)nn2)cc1OC. The van der Waals surface area contributed by atoms with Gasteiger partial charge in [0, 0.05) is 37.9 Å². The number of pyridine rings is 1. The Kier molecular flexibility index (Phi) is 6.18. The van der Waals surface area contributed by atoms with Gasteiger partial charge in [-0.05, 0) is 42.5 Å². The van der Waals surface area contributed by atoms with Crippen LogP contribution in [0, 0.1) is 0 Å². The molecule has 1 aliphatic rings. The van der Waals surface area contributed by atoms with Gasteiger partial charge in [-0.25, -0.2) is 4.98 Å². The van der Waals surface area contributed by atoms with Crippen LogP contribution in [0.5, 0.6) is 11.5 Å². The standard InChI is InChI=1S/C22H22ClN5O3/c1-30-18-6-3-15(13-19(18)31-2)17-5-8-21(26-25-17)27-9-11-28(12-10-27)22(29)16-4-7-20(23)24-14-16/h3-8,13-14H,9-12H2,1-2H3. The highest BCUT2D eigenvalue weighted by atomic mass is 35.5. The van der Waals surface area contributed by atoms with E-state index in [-0.39, 0.29) is 5.91 Å². The van der Waals surface area contributed by atoms with Crippen molar-refractivity contribution in [2.45, 2.75) is 0 Å². The van der Waals surface area contributed by atoms with E-state index in [4.69, 9.17) is 21.1 Å². The third-order valence-corrected chi connectivity index (χ3v) is 5.42. The maximum absolute atomic E-state index is 12.6. The molecule has 1 aliphatic heterocycles. The lowest BCUT2D eigenvalue weighted by Gasteiger charge is -2.35. The second-order valence-corrected chi connectivity index (χ2v) is 7.38. The number of piperazine rings is 1. The van der Waals surface area contributed by atoms with Gasteiger partial charge in [-0.1, -0.05) is 11.6 Å². The highest BCUT2D eigenvalue weighted by Gasteiger charge is 2.23. The molecule has 1 amide bonds. The molecule has 3 aromatic rings. The molecular formula is C22H22ClN5O3. The first kappa shape index (κ1) is 20.9. The molecule has 160 valence electrons. The van der Waals surface area contributed by atoms with Crippen LogP contribution < -0.4 is 14.4 Å². The fourth-order valence-corrected chi connectivity index (χ4v) is 3.58. The molecule has 3 heterocycles. The Labute approximate surface area is 185 Å². The molecule has 0 aliphatic carbocycles. The van der Waals surface area contributed by atoms with Crippen LogP contribution in [0.1, 0.15) is 10.4 Å². The maximum Gasteiger partial charge on any atom is 0.255 e. The molecule has 1 aromatic carbocycles. The van der Waals surface area contributed by atoms with Crippen molar-refractivity contribution in [1.29, 1.82) is 0 Å². The third kappa shape index (κ3) is 4.54. The van der Waals surface area contributed by atoms with E-state index in [1.165, 1.54) is 6.20 Å². The van der Waals surface area contributed by atoms with Crippen LogP contribution in [0.4, 0.5) is 5.82 Å². The predicted molar refractivity (Wildman–Crippen MR) is 118 cm³/mol. The van der Waals surface area contributed by atoms with E-state index >= 15 is 0 Å². The summed E-state index contributed by atoms with van der Waals surface area (Å²) in [6, 6.07) is 12.8. The number of carbonyl (C=O) groups excluding carboxylic acids is 1. The fourth-order valence-electron chi connectivity index (χ4n) is 3.47. The third-order valence-electron chi connectivity index (χ3n) is 5.19. The van der Waals surface area contributed by atoms with E-state index in [1.807, 2.05) is 35.2 Å². The molecule has 4 rings (SSSR count). The van der Waals surface area contributed by atoms with Gasteiger partial charge in [0.15, 0.2) is 17.3 Å². The van der Waals surface area contributed by atoms with Gasteiger partial charge in [-0.15, -0.1) is 10.2 Å². The van der Waals surface area contributed by atoms with Crippen LogP contribution in [0.3, 0.4) is 0 Å². The minimum Gasteiger partial charge on any atom is -0.493 e. The number of hydrogen-bond donors (Lipinski definition) is 0. The van der Waals surface area contributed by atoms with Crippen molar-refractivity contribution >= 4 is 23.3 Å². The molecule has 0 N–H and O–H groups in total. The summed E-state index contributed by atoms with van der Waals surface area (Å²) < 4.78 is 10.6. The van der Waals surface area contributed by atoms with Gasteiger partial charge in [0.2, 0.25) is 0 Å². The van der Waals surface area contributed by atoms with E-state index in [0.29, 0.717) is 48.4 Å². The molecule has 0 saturated carbocycles. The van der Waals surface area contributed by atoms with Gasteiger partial charge in [-0.2, -0.15) is 0 Å². The smallest absolute Gasteiger partial charge is 0.255 e. The number of hydrogen-bond acceptors (Lipinski definition) is 7. The summed E-state index contributed by atoms with van der Waals surface area (Å²) in [5, 5.41) is 9.14. The number of anilines is 1. The van der Waals surface area contributed by atoms with Crippen molar-refractivity contribution in [2.24, 2.45) is 0 Å². The lowest BCUT2D eigenvalue weighted by Crippen LogP contribution is -2.49. The molecule has 0 radical (unpaired) electrons. The molecule has 0 unspecified atom stereocenters.